The van der Waals surface area contributed by atoms with Gasteiger partial charge in [-0.2, -0.15) is 5.10 Å². The summed E-state index contributed by atoms with van der Waals surface area (Å²) in [6, 6.07) is 7.24. The molecule has 1 aromatic rings. The van der Waals surface area contributed by atoms with Crippen LogP contribution in [-0.2, 0) is 9.59 Å². The number of rotatable bonds is 18. The molecule has 0 spiro atoms. The molecule has 2 N–H and O–H groups in total. The van der Waals surface area contributed by atoms with Gasteiger partial charge in [-0.25, -0.2) is 5.43 Å². The van der Waals surface area contributed by atoms with E-state index in [-0.39, 0.29) is 25.0 Å². The highest BCUT2D eigenvalue weighted by atomic mass is 16.5. The van der Waals surface area contributed by atoms with Crippen molar-refractivity contribution in [1.29, 1.82) is 0 Å². The van der Waals surface area contributed by atoms with E-state index in [0.29, 0.717) is 17.7 Å². The molecule has 176 valence electrons. The van der Waals surface area contributed by atoms with Crippen LogP contribution in [-0.4, -0.2) is 31.2 Å². The summed E-state index contributed by atoms with van der Waals surface area (Å²) in [6.45, 7) is 2.30. The summed E-state index contributed by atoms with van der Waals surface area (Å²) in [6.07, 6.45) is 20.8. The monoisotopic (exact) mass is 441 g/mol. The lowest BCUT2D eigenvalue weighted by atomic mass is 10.1. The average molecular weight is 442 g/mol. The number of terminal acetylenes is 1. The predicted octanol–water partition coefficient (Wildman–Crippen LogP) is 4.97. The highest BCUT2D eigenvalue weighted by Gasteiger charge is 2.05. The summed E-state index contributed by atoms with van der Waals surface area (Å²) >= 11 is 0. The number of nitrogens with one attached hydrogen (secondary N) is 2. The molecule has 0 aliphatic heterocycles. The van der Waals surface area contributed by atoms with Crippen LogP contribution < -0.4 is 15.5 Å². The van der Waals surface area contributed by atoms with Gasteiger partial charge in [-0.1, -0.05) is 89.2 Å². The van der Waals surface area contributed by atoms with E-state index >= 15 is 0 Å². The van der Waals surface area contributed by atoms with Crippen molar-refractivity contribution in [2.45, 2.75) is 84.0 Å². The van der Waals surface area contributed by atoms with Crippen LogP contribution in [0.5, 0.6) is 5.75 Å². The molecule has 0 aromatic heterocycles. The Morgan fingerprint density at radius 3 is 2.25 bits per heavy atom. The summed E-state index contributed by atoms with van der Waals surface area (Å²) in [5, 5.41) is 6.55. The van der Waals surface area contributed by atoms with Gasteiger partial charge in [-0.05, 0) is 18.6 Å². The minimum atomic E-state index is -0.379. The van der Waals surface area contributed by atoms with Gasteiger partial charge in [-0.15, -0.1) is 6.42 Å². The van der Waals surface area contributed by atoms with Crippen molar-refractivity contribution < 1.29 is 14.3 Å². The van der Waals surface area contributed by atoms with Crippen molar-refractivity contribution in [2.24, 2.45) is 5.10 Å². The molecule has 1 rings (SSSR count). The van der Waals surface area contributed by atoms with Crippen molar-refractivity contribution in [3.05, 3.63) is 29.8 Å². The van der Waals surface area contributed by atoms with Gasteiger partial charge in [0.1, 0.15) is 12.4 Å². The molecule has 6 nitrogen and oxygen atoms in total. The standard InChI is InChI=1S/C26H39N3O3/c1-3-5-6-7-8-9-10-11-12-13-14-19-25(30)27-22-26(31)29-28-21-23-17-15-16-18-24(23)32-20-4-2/h2,15-18,21H,3,5-14,19-20,22H2,1H3,(H,27,30)(H,29,31). The molecule has 0 saturated heterocycles. The van der Waals surface area contributed by atoms with Gasteiger partial charge in [0.05, 0.1) is 12.8 Å². The average Bonchev–Trinajstić information content (AvgIpc) is 2.80. The largest absolute Gasteiger partial charge is 0.480 e. The fourth-order valence-electron chi connectivity index (χ4n) is 3.27. The summed E-state index contributed by atoms with van der Waals surface area (Å²) in [5.41, 5.74) is 3.10. The van der Waals surface area contributed by atoms with Crippen LogP contribution in [0.1, 0.15) is 89.5 Å². The third-order valence-corrected chi connectivity index (χ3v) is 5.08. The number of hydrazone groups is 1. The predicted molar refractivity (Wildman–Crippen MR) is 131 cm³/mol. The van der Waals surface area contributed by atoms with Crippen LogP contribution in [0.15, 0.2) is 29.4 Å². The first kappa shape index (κ1) is 27.2. The van der Waals surface area contributed by atoms with Crippen molar-refractivity contribution in [2.75, 3.05) is 13.2 Å². The molecule has 0 aliphatic carbocycles. The van der Waals surface area contributed by atoms with E-state index in [1.165, 1.54) is 64.0 Å². The van der Waals surface area contributed by atoms with Crippen LogP contribution in [0.25, 0.3) is 0 Å². The fourth-order valence-corrected chi connectivity index (χ4v) is 3.27. The first-order valence-electron chi connectivity index (χ1n) is 11.9. The minimum Gasteiger partial charge on any atom is -0.480 e. The molecule has 0 unspecified atom stereocenters. The van der Waals surface area contributed by atoms with E-state index in [0.717, 1.165) is 12.8 Å². The number of benzene rings is 1. The first-order chi connectivity index (χ1) is 15.7. The van der Waals surface area contributed by atoms with Gasteiger partial charge >= 0.3 is 0 Å². The normalized spacial score (nSPS) is 10.6. The topological polar surface area (TPSA) is 79.8 Å². The minimum absolute atomic E-state index is 0.0938. The van der Waals surface area contributed by atoms with E-state index in [1.807, 2.05) is 12.1 Å². The van der Waals surface area contributed by atoms with Crippen molar-refractivity contribution in [3.8, 4) is 18.1 Å². The Balaban J connectivity index is 2.07. The number of nitrogens with zero attached hydrogens (tertiary/aromatic N) is 1. The molecule has 0 fully saturated rings. The number of hydrogen-bond donors (Lipinski definition) is 2. The highest BCUT2D eigenvalue weighted by Crippen LogP contribution is 2.15. The number of carbonyl (C=O) groups excluding carboxylic acids is 2. The zero-order valence-corrected chi connectivity index (χ0v) is 19.5. The van der Waals surface area contributed by atoms with Crippen molar-refractivity contribution >= 4 is 18.0 Å². The van der Waals surface area contributed by atoms with Gasteiger partial charge in [0.2, 0.25) is 5.91 Å². The van der Waals surface area contributed by atoms with Gasteiger partial charge in [-0.3, -0.25) is 9.59 Å². The molecular weight excluding hydrogens is 402 g/mol. The fraction of sp³-hybridized carbons (Fsp3) is 0.577. The number of carbonyl (C=O) groups is 2. The van der Waals surface area contributed by atoms with E-state index in [2.05, 4.69) is 28.7 Å². The van der Waals surface area contributed by atoms with Gasteiger partial charge in [0.15, 0.2) is 0 Å². The van der Waals surface area contributed by atoms with E-state index < -0.39 is 0 Å². The lowest BCUT2D eigenvalue weighted by Crippen LogP contribution is -2.34. The van der Waals surface area contributed by atoms with Crippen LogP contribution in [0, 0.1) is 12.3 Å². The Bertz CT molecular complexity index is 725. The highest BCUT2D eigenvalue weighted by molar-refractivity contribution is 5.87. The number of para-hydroxylation sites is 1. The first-order valence-corrected chi connectivity index (χ1v) is 11.9. The summed E-state index contributed by atoms with van der Waals surface area (Å²) in [7, 11) is 0. The van der Waals surface area contributed by atoms with Crippen LogP contribution in [0.4, 0.5) is 0 Å². The van der Waals surface area contributed by atoms with E-state index in [1.54, 1.807) is 12.1 Å². The maximum Gasteiger partial charge on any atom is 0.259 e. The molecule has 0 heterocycles. The zero-order chi connectivity index (χ0) is 23.3. The molecule has 0 atom stereocenters. The summed E-state index contributed by atoms with van der Waals surface area (Å²) in [5.74, 6) is 2.51. The molecule has 0 aliphatic rings. The lowest BCUT2D eigenvalue weighted by Gasteiger charge is -2.06. The Labute approximate surface area is 193 Å². The van der Waals surface area contributed by atoms with E-state index in [4.69, 9.17) is 11.2 Å². The van der Waals surface area contributed by atoms with Crippen LogP contribution >= 0.6 is 0 Å². The smallest absolute Gasteiger partial charge is 0.259 e. The van der Waals surface area contributed by atoms with Crippen LogP contribution in [0.2, 0.25) is 0 Å². The maximum atomic E-state index is 11.9. The molecule has 2 amide bonds. The van der Waals surface area contributed by atoms with Gasteiger partial charge in [0, 0.05) is 12.0 Å². The number of unbranched alkanes of at least 4 members (excludes halogenated alkanes) is 10. The summed E-state index contributed by atoms with van der Waals surface area (Å²) < 4.78 is 5.42. The van der Waals surface area contributed by atoms with Crippen LogP contribution in [0.3, 0.4) is 0 Å². The Morgan fingerprint density at radius 1 is 0.969 bits per heavy atom. The number of hydrogen-bond acceptors (Lipinski definition) is 4. The number of ether oxygens (including phenoxy) is 1. The Kier molecular flexibility index (Phi) is 16.1. The summed E-state index contributed by atoms with van der Waals surface area (Å²) in [4.78, 5) is 23.7. The second kappa shape index (κ2) is 18.9. The quantitative estimate of drug-likeness (QED) is 0.146. The van der Waals surface area contributed by atoms with Gasteiger partial charge < -0.3 is 10.1 Å². The molecule has 0 bridgehead atoms. The molecule has 32 heavy (non-hydrogen) atoms. The third kappa shape index (κ3) is 14.2. The Morgan fingerprint density at radius 2 is 1.59 bits per heavy atom. The third-order valence-electron chi connectivity index (χ3n) is 5.08. The second-order valence-electron chi connectivity index (χ2n) is 7.89. The molecule has 0 radical (unpaired) electrons. The van der Waals surface area contributed by atoms with Crippen molar-refractivity contribution in [3.63, 3.8) is 0 Å². The Hall–Kier alpha value is -2.81. The number of amides is 2. The van der Waals surface area contributed by atoms with Gasteiger partial charge in [0.25, 0.3) is 5.91 Å². The molecule has 0 saturated carbocycles. The zero-order valence-electron chi connectivity index (χ0n) is 19.5. The molecular formula is C26H39N3O3. The lowest BCUT2D eigenvalue weighted by molar-refractivity contribution is -0.126. The van der Waals surface area contributed by atoms with Crippen molar-refractivity contribution in [1.82, 2.24) is 10.7 Å². The van der Waals surface area contributed by atoms with E-state index in [9.17, 15) is 9.59 Å². The second-order valence-corrected chi connectivity index (χ2v) is 7.89. The maximum absolute atomic E-state index is 11.9. The SMILES string of the molecule is C#CCOc1ccccc1C=NNC(=O)CNC(=O)CCCCCCCCCCCCC. The molecule has 1 aromatic carbocycles. The molecule has 6 heteroatoms.